The van der Waals surface area contributed by atoms with Gasteiger partial charge in [-0.15, -0.1) is 0 Å². The Morgan fingerprint density at radius 1 is 0.846 bits per heavy atom. The van der Waals surface area contributed by atoms with Crippen molar-refractivity contribution in [3.05, 3.63) is 118 Å². The second-order valence-corrected chi connectivity index (χ2v) is 9.68. The van der Waals surface area contributed by atoms with E-state index in [1.165, 1.54) is 0 Å². The lowest BCUT2D eigenvalue weighted by atomic mass is 10.1. The molecule has 0 spiro atoms. The summed E-state index contributed by atoms with van der Waals surface area (Å²) in [6.07, 6.45) is 2.43. The van der Waals surface area contributed by atoms with Crippen molar-refractivity contribution in [3.63, 3.8) is 0 Å². The lowest BCUT2D eigenvalue weighted by molar-refractivity contribution is -0.110. The zero-order valence-corrected chi connectivity index (χ0v) is 22.4. The van der Waals surface area contributed by atoms with Gasteiger partial charge in [0.05, 0.1) is 31.1 Å². The van der Waals surface area contributed by atoms with Gasteiger partial charge in [0.15, 0.2) is 5.75 Å². The number of nitrogens with zero attached hydrogens (tertiary/aromatic N) is 1. The number of rotatable bonds is 11. The van der Waals surface area contributed by atoms with E-state index in [0.29, 0.717) is 49.3 Å². The van der Waals surface area contributed by atoms with E-state index in [0.717, 1.165) is 36.0 Å². The third kappa shape index (κ3) is 6.77. The van der Waals surface area contributed by atoms with Crippen molar-refractivity contribution in [2.24, 2.45) is 0 Å². The van der Waals surface area contributed by atoms with Crippen LogP contribution in [0, 0.1) is 6.92 Å². The first-order valence-electron chi connectivity index (χ1n) is 13.6. The van der Waals surface area contributed by atoms with Crippen LogP contribution < -0.4 is 14.9 Å². The predicted molar refractivity (Wildman–Crippen MR) is 152 cm³/mol. The number of benzene rings is 3. The van der Waals surface area contributed by atoms with Crippen LogP contribution in [-0.2, 0) is 29.2 Å². The number of hydrogen-bond donors (Lipinski definition) is 0. The molecule has 0 aliphatic carbocycles. The van der Waals surface area contributed by atoms with Gasteiger partial charge in [0.25, 0.3) is 0 Å². The van der Waals surface area contributed by atoms with Crippen LogP contribution in [0.5, 0.6) is 11.6 Å². The molecular formula is C33H35NO5. The molecule has 0 saturated carbocycles. The van der Waals surface area contributed by atoms with Crippen molar-refractivity contribution in [3.8, 4) is 22.9 Å². The minimum absolute atomic E-state index is 0.183. The van der Waals surface area contributed by atoms with Crippen LogP contribution in [0.3, 0.4) is 0 Å². The number of hydrogen-bond acceptors (Lipinski definition) is 5. The third-order valence-electron chi connectivity index (χ3n) is 6.82. The van der Waals surface area contributed by atoms with E-state index < -0.39 is 6.29 Å². The molecule has 1 aliphatic rings. The van der Waals surface area contributed by atoms with Gasteiger partial charge in [0.1, 0.15) is 6.61 Å². The molecule has 0 N–H and O–H groups in total. The van der Waals surface area contributed by atoms with Gasteiger partial charge in [0, 0.05) is 18.5 Å². The normalized spacial score (nSPS) is 15.2. The minimum Gasteiger partial charge on any atom is -0.483 e. The Morgan fingerprint density at radius 3 is 2.13 bits per heavy atom. The molecule has 1 saturated heterocycles. The Kier molecular flexibility index (Phi) is 9.09. The van der Waals surface area contributed by atoms with Crippen LogP contribution in [0.2, 0.25) is 0 Å². The minimum atomic E-state index is -0.395. The van der Waals surface area contributed by atoms with Crippen LogP contribution in [0.1, 0.15) is 36.0 Å². The molecule has 1 atom stereocenters. The summed E-state index contributed by atoms with van der Waals surface area (Å²) in [7, 11) is 0. The van der Waals surface area contributed by atoms with E-state index in [1.54, 1.807) is 6.92 Å². The molecular weight excluding hydrogens is 490 g/mol. The van der Waals surface area contributed by atoms with Crippen LogP contribution in [0.25, 0.3) is 11.3 Å². The smallest absolute Gasteiger partial charge is 0.230 e. The van der Waals surface area contributed by atoms with Crippen molar-refractivity contribution in [2.75, 3.05) is 13.2 Å². The van der Waals surface area contributed by atoms with Crippen molar-refractivity contribution >= 4 is 0 Å². The summed E-state index contributed by atoms with van der Waals surface area (Å²) in [5.74, 6) is 0.809. The van der Waals surface area contributed by atoms with Gasteiger partial charge in [-0.25, -0.2) is 0 Å². The maximum atomic E-state index is 13.8. The van der Waals surface area contributed by atoms with E-state index in [4.69, 9.17) is 18.9 Å². The molecule has 39 heavy (non-hydrogen) atoms. The lowest BCUT2D eigenvalue weighted by Crippen LogP contribution is -2.29. The fourth-order valence-corrected chi connectivity index (χ4v) is 4.76. The fraction of sp³-hybridized carbons (Fsp3) is 0.303. The maximum absolute atomic E-state index is 13.8. The Labute approximate surface area is 229 Å². The Morgan fingerprint density at radius 2 is 1.49 bits per heavy atom. The SMILES string of the molecule is Cc1c(OC2CCCCO2)n(CCOCc2ccccc2)c(-c2ccccc2)c(OCc2ccccc2)c1=O. The summed E-state index contributed by atoms with van der Waals surface area (Å²) in [6, 6.07) is 29.8. The Balaban J connectivity index is 1.53. The summed E-state index contributed by atoms with van der Waals surface area (Å²) in [5.41, 5.74) is 3.96. The highest BCUT2D eigenvalue weighted by Gasteiger charge is 2.26. The predicted octanol–water partition coefficient (Wildman–Crippen LogP) is 6.52. The zero-order valence-electron chi connectivity index (χ0n) is 22.4. The quantitative estimate of drug-likeness (QED) is 0.209. The van der Waals surface area contributed by atoms with Gasteiger partial charge >= 0.3 is 0 Å². The first-order valence-corrected chi connectivity index (χ1v) is 13.6. The molecule has 2 heterocycles. The van der Waals surface area contributed by atoms with E-state index in [-0.39, 0.29) is 12.0 Å². The van der Waals surface area contributed by atoms with Gasteiger partial charge in [-0.3, -0.25) is 4.79 Å². The molecule has 1 unspecified atom stereocenters. The molecule has 4 aromatic rings. The molecule has 3 aromatic carbocycles. The largest absolute Gasteiger partial charge is 0.483 e. The first-order chi connectivity index (χ1) is 19.2. The van der Waals surface area contributed by atoms with Gasteiger partial charge in [0.2, 0.25) is 17.6 Å². The van der Waals surface area contributed by atoms with Gasteiger partial charge in [-0.1, -0.05) is 91.0 Å². The van der Waals surface area contributed by atoms with Crippen LogP contribution in [0.15, 0.2) is 95.8 Å². The van der Waals surface area contributed by atoms with E-state index >= 15 is 0 Å². The molecule has 1 aliphatic heterocycles. The number of aromatic nitrogens is 1. The number of pyridine rings is 1. The maximum Gasteiger partial charge on any atom is 0.230 e. The van der Waals surface area contributed by atoms with Gasteiger partial charge in [-0.2, -0.15) is 0 Å². The van der Waals surface area contributed by atoms with Crippen LogP contribution in [-0.4, -0.2) is 24.1 Å². The van der Waals surface area contributed by atoms with Gasteiger partial charge < -0.3 is 23.5 Å². The van der Waals surface area contributed by atoms with Crippen molar-refractivity contribution < 1.29 is 18.9 Å². The highest BCUT2D eigenvalue weighted by Crippen LogP contribution is 2.34. The highest BCUT2D eigenvalue weighted by molar-refractivity contribution is 5.69. The third-order valence-corrected chi connectivity index (χ3v) is 6.82. The molecule has 0 radical (unpaired) electrons. The summed E-state index contributed by atoms with van der Waals surface area (Å²) in [6.45, 7) is 4.13. The van der Waals surface area contributed by atoms with E-state index in [9.17, 15) is 4.79 Å². The fourth-order valence-electron chi connectivity index (χ4n) is 4.76. The topological polar surface area (TPSA) is 58.9 Å². The summed E-state index contributed by atoms with van der Waals surface area (Å²) < 4.78 is 26.7. The van der Waals surface area contributed by atoms with Crippen molar-refractivity contribution in [1.29, 1.82) is 0 Å². The Bertz CT molecular complexity index is 1380. The average molecular weight is 526 g/mol. The summed E-state index contributed by atoms with van der Waals surface area (Å²) in [5, 5.41) is 0. The molecule has 1 fully saturated rings. The molecule has 6 nitrogen and oxygen atoms in total. The lowest BCUT2D eigenvalue weighted by Gasteiger charge is -2.28. The monoisotopic (exact) mass is 525 g/mol. The molecule has 0 bridgehead atoms. The second kappa shape index (κ2) is 13.3. The Hall–Kier alpha value is -3.87. The average Bonchev–Trinajstić information content (AvgIpc) is 3.00. The highest BCUT2D eigenvalue weighted by atomic mass is 16.7. The second-order valence-electron chi connectivity index (χ2n) is 9.68. The van der Waals surface area contributed by atoms with E-state index in [2.05, 4.69) is 0 Å². The van der Waals surface area contributed by atoms with E-state index in [1.807, 2.05) is 95.6 Å². The molecule has 5 rings (SSSR count). The summed E-state index contributed by atoms with van der Waals surface area (Å²) >= 11 is 0. The molecule has 6 heteroatoms. The molecule has 202 valence electrons. The zero-order chi connectivity index (χ0) is 26.9. The number of ether oxygens (including phenoxy) is 4. The van der Waals surface area contributed by atoms with Crippen LogP contribution >= 0.6 is 0 Å². The van der Waals surface area contributed by atoms with Crippen LogP contribution in [0.4, 0.5) is 0 Å². The first kappa shape index (κ1) is 26.7. The van der Waals surface area contributed by atoms with Crippen molar-refractivity contribution in [1.82, 2.24) is 4.57 Å². The van der Waals surface area contributed by atoms with Crippen molar-refractivity contribution in [2.45, 2.75) is 52.2 Å². The van der Waals surface area contributed by atoms with Gasteiger partial charge in [-0.05, 0) is 30.9 Å². The standard InChI is InChI=1S/C33H35NO5/c1-25-31(35)32(38-24-27-15-7-3-8-16-27)30(28-17-9-4-10-18-28)34(33(25)39-29-19-11-12-21-37-29)20-22-36-23-26-13-5-2-6-14-26/h2-10,13-18,29H,11-12,19-24H2,1H3. The molecule has 0 amide bonds. The summed E-state index contributed by atoms with van der Waals surface area (Å²) in [4.78, 5) is 13.8. The molecule has 1 aromatic heterocycles.